The molecule has 0 unspecified atom stereocenters. The first kappa shape index (κ1) is 18.4. The van der Waals surface area contributed by atoms with E-state index in [1.807, 2.05) is 48.7 Å². The van der Waals surface area contributed by atoms with E-state index in [-0.39, 0.29) is 11.8 Å². The third kappa shape index (κ3) is 5.04. The van der Waals surface area contributed by atoms with Crippen molar-refractivity contribution in [3.05, 3.63) is 54.1 Å². The molecule has 0 aliphatic rings. The van der Waals surface area contributed by atoms with Crippen LogP contribution in [0.15, 0.2) is 58.3 Å². The van der Waals surface area contributed by atoms with Crippen LogP contribution >= 0.6 is 23.5 Å². The zero-order valence-corrected chi connectivity index (χ0v) is 15.5. The van der Waals surface area contributed by atoms with Gasteiger partial charge >= 0.3 is 0 Å². The number of nitrogens with zero attached hydrogens (tertiary/aromatic N) is 1. The molecule has 2 amide bonds. The fraction of sp³-hybridized carbons (Fsp3) is 0.222. The highest BCUT2D eigenvalue weighted by Crippen LogP contribution is 2.24. The summed E-state index contributed by atoms with van der Waals surface area (Å²) in [6.45, 7) is 0. The molecule has 0 spiro atoms. The van der Waals surface area contributed by atoms with Gasteiger partial charge in [0, 0.05) is 29.6 Å². The van der Waals surface area contributed by atoms with Crippen LogP contribution in [0.25, 0.3) is 0 Å². The van der Waals surface area contributed by atoms with Gasteiger partial charge in [-0.25, -0.2) is 0 Å². The topological polar surface area (TPSA) is 49.4 Å². The Hall–Kier alpha value is -1.92. The van der Waals surface area contributed by atoms with Crippen LogP contribution in [0.5, 0.6) is 0 Å². The first-order valence-electron chi connectivity index (χ1n) is 7.38. The maximum atomic E-state index is 12.5. The Morgan fingerprint density at radius 1 is 1.04 bits per heavy atom. The van der Waals surface area contributed by atoms with E-state index < -0.39 is 0 Å². The highest BCUT2D eigenvalue weighted by molar-refractivity contribution is 8.00. The quantitative estimate of drug-likeness (QED) is 0.795. The van der Waals surface area contributed by atoms with Crippen molar-refractivity contribution in [1.29, 1.82) is 0 Å². The summed E-state index contributed by atoms with van der Waals surface area (Å²) in [6.07, 6.45) is 2.01. The third-order valence-corrected chi connectivity index (χ3v) is 5.13. The van der Waals surface area contributed by atoms with Crippen molar-refractivity contribution in [2.75, 3.05) is 31.4 Å². The van der Waals surface area contributed by atoms with Gasteiger partial charge in [0.15, 0.2) is 0 Å². The number of nitrogens with one attached hydrogen (secondary N) is 1. The number of benzene rings is 2. The minimum absolute atomic E-state index is 0.0165. The molecule has 0 saturated carbocycles. The number of carbonyl (C=O) groups excluding carboxylic acids is 2. The summed E-state index contributed by atoms with van der Waals surface area (Å²) in [4.78, 5) is 27.8. The summed E-state index contributed by atoms with van der Waals surface area (Å²) in [7, 11) is 3.44. The van der Waals surface area contributed by atoms with Gasteiger partial charge in [-0.15, -0.1) is 23.5 Å². The Balaban J connectivity index is 2.09. The average Bonchev–Trinajstić information content (AvgIpc) is 2.60. The van der Waals surface area contributed by atoms with Gasteiger partial charge in [-0.05, 0) is 42.7 Å². The van der Waals surface area contributed by atoms with Crippen molar-refractivity contribution in [3.63, 3.8) is 0 Å². The van der Waals surface area contributed by atoms with Crippen molar-refractivity contribution in [2.45, 2.75) is 9.79 Å². The smallest absolute Gasteiger partial charge is 0.256 e. The predicted molar refractivity (Wildman–Crippen MR) is 102 cm³/mol. The van der Waals surface area contributed by atoms with Crippen molar-refractivity contribution in [2.24, 2.45) is 0 Å². The molecule has 0 fully saturated rings. The molecule has 0 saturated heterocycles. The van der Waals surface area contributed by atoms with Crippen molar-refractivity contribution in [3.8, 4) is 0 Å². The van der Waals surface area contributed by atoms with Crippen molar-refractivity contribution >= 4 is 41.0 Å². The number of anilines is 1. The molecule has 1 N–H and O–H groups in total. The molecule has 0 aliphatic carbocycles. The number of rotatable bonds is 6. The predicted octanol–water partition coefficient (Wildman–Crippen LogP) is 3.84. The lowest BCUT2D eigenvalue weighted by Gasteiger charge is -2.12. The summed E-state index contributed by atoms with van der Waals surface area (Å²) in [5.41, 5.74) is 1.32. The van der Waals surface area contributed by atoms with Crippen molar-refractivity contribution < 1.29 is 9.59 Å². The lowest BCUT2D eigenvalue weighted by Crippen LogP contribution is -2.23. The molecule has 2 rings (SSSR count). The molecule has 0 aliphatic heterocycles. The highest BCUT2D eigenvalue weighted by Gasteiger charge is 2.13. The van der Waals surface area contributed by atoms with E-state index in [1.54, 1.807) is 36.8 Å². The van der Waals surface area contributed by atoms with E-state index in [1.165, 1.54) is 11.8 Å². The van der Waals surface area contributed by atoms with Gasteiger partial charge in [0.2, 0.25) is 5.91 Å². The van der Waals surface area contributed by atoms with Crippen LogP contribution in [0.2, 0.25) is 0 Å². The molecule has 0 aromatic heterocycles. The molecule has 0 heterocycles. The number of hydrogen-bond donors (Lipinski definition) is 1. The molecule has 6 heteroatoms. The van der Waals surface area contributed by atoms with Crippen LogP contribution in [-0.4, -0.2) is 42.8 Å². The molecule has 4 nitrogen and oxygen atoms in total. The third-order valence-electron chi connectivity index (χ3n) is 3.33. The van der Waals surface area contributed by atoms with E-state index in [2.05, 4.69) is 5.32 Å². The van der Waals surface area contributed by atoms with Crippen LogP contribution in [0.4, 0.5) is 5.69 Å². The zero-order valence-electron chi connectivity index (χ0n) is 13.9. The Labute approximate surface area is 151 Å². The standard InChI is InChI=1S/C18H20N2O2S2/c1-20(2)17(21)12-24-16-7-5-4-6-15(16)18(22)19-13-8-10-14(23-3)11-9-13/h4-11H,12H2,1-3H3,(H,19,22). The fourth-order valence-corrected chi connectivity index (χ4v) is 3.36. The molecular formula is C18H20N2O2S2. The van der Waals surface area contributed by atoms with Crippen LogP contribution in [0.1, 0.15) is 10.4 Å². The summed E-state index contributed by atoms with van der Waals surface area (Å²) in [5.74, 6) is 0.148. The van der Waals surface area contributed by atoms with Crippen molar-refractivity contribution in [1.82, 2.24) is 4.90 Å². The van der Waals surface area contributed by atoms with E-state index in [4.69, 9.17) is 0 Å². The van der Waals surface area contributed by atoms with Crippen LogP contribution in [-0.2, 0) is 4.79 Å². The monoisotopic (exact) mass is 360 g/mol. The number of hydrogen-bond acceptors (Lipinski definition) is 4. The van der Waals surface area contributed by atoms with Gasteiger partial charge in [0.1, 0.15) is 0 Å². The second kappa shape index (κ2) is 8.80. The Morgan fingerprint density at radius 3 is 2.33 bits per heavy atom. The highest BCUT2D eigenvalue weighted by atomic mass is 32.2. The summed E-state index contributed by atoms with van der Waals surface area (Å²) in [5, 5.41) is 2.90. The molecule has 24 heavy (non-hydrogen) atoms. The lowest BCUT2D eigenvalue weighted by molar-refractivity contribution is -0.125. The fourth-order valence-electron chi connectivity index (χ4n) is 1.92. The van der Waals surface area contributed by atoms with Crippen LogP contribution < -0.4 is 5.32 Å². The molecule has 2 aromatic rings. The largest absolute Gasteiger partial charge is 0.348 e. The normalized spacial score (nSPS) is 10.3. The number of amides is 2. The Kier molecular flexibility index (Phi) is 6.75. The molecular weight excluding hydrogens is 340 g/mol. The second-order valence-corrected chi connectivity index (χ2v) is 7.15. The van der Waals surface area contributed by atoms with E-state index in [0.29, 0.717) is 11.3 Å². The van der Waals surface area contributed by atoms with Gasteiger partial charge in [0.05, 0.1) is 11.3 Å². The molecule has 0 bridgehead atoms. The summed E-state index contributed by atoms with van der Waals surface area (Å²) < 4.78 is 0. The maximum absolute atomic E-state index is 12.5. The van der Waals surface area contributed by atoms with E-state index in [0.717, 1.165) is 15.5 Å². The van der Waals surface area contributed by atoms with Crippen LogP contribution in [0.3, 0.4) is 0 Å². The van der Waals surface area contributed by atoms with Gasteiger partial charge in [-0.1, -0.05) is 12.1 Å². The molecule has 2 aromatic carbocycles. The minimum Gasteiger partial charge on any atom is -0.348 e. The number of thioether (sulfide) groups is 2. The SMILES string of the molecule is CSc1ccc(NC(=O)c2ccccc2SCC(=O)N(C)C)cc1. The second-order valence-electron chi connectivity index (χ2n) is 5.26. The van der Waals surface area contributed by atoms with E-state index in [9.17, 15) is 9.59 Å². The minimum atomic E-state index is -0.174. The molecule has 0 atom stereocenters. The van der Waals surface area contributed by atoms with Gasteiger partial charge in [-0.2, -0.15) is 0 Å². The Morgan fingerprint density at radius 2 is 1.71 bits per heavy atom. The van der Waals surface area contributed by atoms with Gasteiger partial charge in [0.25, 0.3) is 5.91 Å². The summed E-state index contributed by atoms with van der Waals surface area (Å²) >= 11 is 3.03. The maximum Gasteiger partial charge on any atom is 0.256 e. The van der Waals surface area contributed by atoms with Gasteiger partial charge < -0.3 is 10.2 Å². The summed E-state index contributed by atoms with van der Waals surface area (Å²) in [6, 6.07) is 15.0. The molecule has 126 valence electrons. The average molecular weight is 361 g/mol. The first-order valence-corrected chi connectivity index (χ1v) is 9.59. The Bertz CT molecular complexity index is 715. The number of carbonyl (C=O) groups is 2. The zero-order chi connectivity index (χ0) is 17.5. The molecule has 0 radical (unpaired) electrons. The van der Waals surface area contributed by atoms with Gasteiger partial charge in [-0.3, -0.25) is 9.59 Å². The van der Waals surface area contributed by atoms with E-state index >= 15 is 0 Å². The van der Waals surface area contributed by atoms with Crippen LogP contribution in [0, 0.1) is 0 Å². The lowest BCUT2D eigenvalue weighted by atomic mass is 10.2. The first-order chi connectivity index (χ1) is 11.5.